The maximum atomic E-state index is 5.06. The van der Waals surface area contributed by atoms with Crippen molar-refractivity contribution >= 4 is 23.1 Å². The van der Waals surface area contributed by atoms with Gasteiger partial charge in [-0.05, 0) is 0 Å². The van der Waals surface area contributed by atoms with Crippen LogP contribution in [0.4, 0.5) is 0 Å². The Morgan fingerprint density at radius 2 is 2.00 bits per heavy atom. The molecule has 11 heavy (non-hydrogen) atoms. The van der Waals surface area contributed by atoms with Crippen molar-refractivity contribution in [1.29, 1.82) is 0 Å². The van der Waals surface area contributed by atoms with Crippen LogP contribution in [0.15, 0.2) is 18.2 Å². The quantitative estimate of drug-likeness (QED) is 0.370. The molecule has 0 aliphatic carbocycles. The Morgan fingerprint density at radius 3 is 2.73 bits per heavy atom. The third-order valence-corrected chi connectivity index (χ3v) is 1.22. The standard InChI is InChI=1S/C7H5O2.BrH.Mg/c1-2-4-7-6(3-1)8-5-9-7;;/h1,3-4H,5H2;1H;/q-1;;+2/p-1. The van der Waals surface area contributed by atoms with Crippen LogP contribution in [-0.4, -0.2) is 29.8 Å². The van der Waals surface area contributed by atoms with Gasteiger partial charge in [-0.25, -0.2) is 0 Å². The summed E-state index contributed by atoms with van der Waals surface area (Å²) in [6.45, 7) is 0.340. The van der Waals surface area contributed by atoms with Crippen LogP contribution in [0, 0.1) is 6.07 Å². The Hall–Kier alpha value is 0.0662. The largest absolute Gasteiger partial charge is 2.00 e. The van der Waals surface area contributed by atoms with Gasteiger partial charge in [0.05, 0.1) is 11.5 Å². The number of rotatable bonds is 0. The van der Waals surface area contributed by atoms with E-state index in [1.54, 1.807) is 12.1 Å². The van der Waals surface area contributed by atoms with Crippen molar-refractivity contribution in [1.82, 2.24) is 0 Å². The molecule has 4 heteroatoms. The molecule has 1 aliphatic rings. The van der Waals surface area contributed by atoms with Crippen molar-refractivity contribution in [3.63, 3.8) is 0 Å². The molecule has 54 valence electrons. The summed E-state index contributed by atoms with van der Waals surface area (Å²) in [4.78, 5) is 0. The SMILES string of the molecule is [Br-].[Mg+2].[c-]1ccc2c(c1)OCO2. The number of ether oxygens (including phenoxy) is 2. The molecule has 0 N–H and O–H groups in total. The van der Waals surface area contributed by atoms with Crippen LogP contribution in [0.3, 0.4) is 0 Å². The van der Waals surface area contributed by atoms with E-state index in [1.807, 2.05) is 6.07 Å². The predicted molar refractivity (Wildman–Crippen MR) is 37.2 cm³/mol. The zero-order chi connectivity index (χ0) is 6.10. The maximum absolute atomic E-state index is 5.06. The molecule has 0 radical (unpaired) electrons. The van der Waals surface area contributed by atoms with Crippen LogP contribution < -0.4 is 26.5 Å². The first kappa shape index (κ1) is 11.1. The zero-order valence-corrected chi connectivity index (χ0v) is 8.84. The molecule has 0 saturated heterocycles. The average Bonchev–Trinajstić information content (AvgIpc) is 2.33. The molecule has 0 spiro atoms. The van der Waals surface area contributed by atoms with E-state index < -0.39 is 0 Å². The summed E-state index contributed by atoms with van der Waals surface area (Å²) in [6.07, 6.45) is 0. The molecule has 2 nitrogen and oxygen atoms in total. The van der Waals surface area contributed by atoms with Gasteiger partial charge in [-0.1, -0.05) is 0 Å². The Bertz CT molecular complexity index is 206. The van der Waals surface area contributed by atoms with Gasteiger partial charge in [0.1, 0.15) is 0 Å². The second kappa shape index (κ2) is 4.85. The van der Waals surface area contributed by atoms with E-state index in [1.165, 1.54) is 0 Å². The third kappa shape index (κ3) is 2.25. The first-order chi connectivity index (χ1) is 4.47. The molecule has 0 atom stereocenters. The van der Waals surface area contributed by atoms with E-state index >= 15 is 0 Å². The third-order valence-electron chi connectivity index (χ3n) is 1.22. The minimum atomic E-state index is 0. The van der Waals surface area contributed by atoms with E-state index in [-0.39, 0.29) is 40.0 Å². The summed E-state index contributed by atoms with van der Waals surface area (Å²) < 4.78 is 10.1. The Morgan fingerprint density at radius 1 is 1.27 bits per heavy atom. The fourth-order valence-electron chi connectivity index (χ4n) is 0.789. The molecular formula is C7H5BrMgO2. The minimum Gasteiger partial charge on any atom is -1.00 e. The van der Waals surface area contributed by atoms with E-state index in [4.69, 9.17) is 9.47 Å². The van der Waals surface area contributed by atoms with Gasteiger partial charge in [0.15, 0.2) is 0 Å². The number of halogens is 1. The van der Waals surface area contributed by atoms with Crippen LogP contribution in [0.1, 0.15) is 0 Å². The minimum absolute atomic E-state index is 0. The van der Waals surface area contributed by atoms with Crippen LogP contribution in [-0.2, 0) is 0 Å². The molecule has 1 aromatic carbocycles. The van der Waals surface area contributed by atoms with E-state index in [2.05, 4.69) is 6.07 Å². The topological polar surface area (TPSA) is 18.5 Å². The van der Waals surface area contributed by atoms with Crippen molar-refractivity contribution < 1.29 is 26.5 Å². The zero-order valence-electron chi connectivity index (χ0n) is 5.84. The van der Waals surface area contributed by atoms with Crippen molar-refractivity contribution in [3.05, 3.63) is 24.3 Å². The van der Waals surface area contributed by atoms with Crippen molar-refractivity contribution in [2.75, 3.05) is 6.79 Å². The van der Waals surface area contributed by atoms with E-state index in [0.29, 0.717) is 6.79 Å². The van der Waals surface area contributed by atoms with Gasteiger partial charge in [-0.2, -0.15) is 12.1 Å². The molecule has 0 bridgehead atoms. The average molecular weight is 225 g/mol. The second-order valence-electron chi connectivity index (χ2n) is 1.78. The van der Waals surface area contributed by atoms with Crippen molar-refractivity contribution in [2.24, 2.45) is 0 Å². The molecule has 1 aliphatic heterocycles. The second-order valence-corrected chi connectivity index (χ2v) is 1.78. The first-order valence-corrected chi connectivity index (χ1v) is 2.72. The predicted octanol–water partition coefficient (Wildman–Crippen LogP) is -2.16. The van der Waals surface area contributed by atoms with E-state index in [0.717, 1.165) is 11.5 Å². The Kier molecular flexibility index (Phi) is 4.88. The number of hydrogen-bond acceptors (Lipinski definition) is 2. The molecule has 0 saturated carbocycles. The molecule has 1 heterocycles. The van der Waals surface area contributed by atoms with Crippen LogP contribution in [0.5, 0.6) is 11.5 Å². The fourth-order valence-corrected chi connectivity index (χ4v) is 0.789. The molecule has 0 unspecified atom stereocenters. The van der Waals surface area contributed by atoms with Crippen molar-refractivity contribution in [3.8, 4) is 11.5 Å². The van der Waals surface area contributed by atoms with Crippen molar-refractivity contribution in [2.45, 2.75) is 0 Å². The van der Waals surface area contributed by atoms with Gasteiger partial charge in [0.25, 0.3) is 0 Å². The molecular weight excluding hydrogens is 220 g/mol. The molecule has 2 rings (SSSR count). The molecule has 0 amide bonds. The van der Waals surface area contributed by atoms with Crippen LogP contribution in [0.2, 0.25) is 0 Å². The van der Waals surface area contributed by atoms with Gasteiger partial charge in [-0.15, -0.1) is 12.1 Å². The Labute approximate surface area is 91.8 Å². The monoisotopic (exact) mass is 224 g/mol. The van der Waals surface area contributed by atoms with Crippen LogP contribution in [0.25, 0.3) is 0 Å². The Balaban J connectivity index is 0.000000500. The normalized spacial score (nSPS) is 11.3. The van der Waals surface area contributed by atoms with Gasteiger partial charge in [-0.3, -0.25) is 0 Å². The molecule has 0 fully saturated rings. The van der Waals surface area contributed by atoms with E-state index in [9.17, 15) is 0 Å². The summed E-state index contributed by atoms with van der Waals surface area (Å²) in [5.41, 5.74) is 0. The summed E-state index contributed by atoms with van der Waals surface area (Å²) in [6, 6.07) is 8.29. The van der Waals surface area contributed by atoms with Gasteiger partial charge in [0.2, 0.25) is 6.79 Å². The first-order valence-electron chi connectivity index (χ1n) is 2.72. The maximum Gasteiger partial charge on any atom is 2.00 e. The number of hydrogen-bond donors (Lipinski definition) is 0. The van der Waals surface area contributed by atoms with Gasteiger partial charge in [0, 0.05) is 0 Å². The van der Waals surface area contributed by atoms with Gasteiger partial charge >= 0.3 is 23.1 Å². The summed E-state index contributed by atoms with van der Waals surface area (Å²) >= 11 is 0. The molecule has 1 aromatic rings. The summed E-state index contributed by atoms with van der Waals surface area (Å²) in [5, 5.41) is 0. The number of benzene rings is 1. The van der Waals surface area contributed by atoms with Gasteiger partial charge < -0.3 is 26.5 Å². The number of fused-ring (bicyclic) bond motifs is 1. The summed E-state index contributed by atoms with van der Waals surface area (Å²) in [7, 11) is 0. The fraction of sp³-hybridized carbons (Fsp3) is 0.143. The molecule has 0 aromatic heterocycles. The smallest absolute Gasteiger partial charge is 1.00 e. The summed E-state index contributed by atoms with van der Waals surface area (Å²) in [5.74, 6) is 1.60. The van der Waals surface area contributed by atoms with Crippen LogP contribution >= 0.6 is 0 Å².